The lowest BCUT2D eigenvalue weighted by molar-refractivity contribution is 0.494. The summed E-state index contributed by atoms with van der Waals surface area (Å²) in [5.74, 6) is 5.00. The van der Waals surface area contributed by atoms with Crippen molar-refractivity contribution >= 4 is 28.8 Å². The molecule has 8 rings (SSSR count). The summed E-state index contributed by atoms with van der Waals surface area (Å²) in [4.78, 5) is 31.5. The Labute approximate surface area is 342 Å². The molecular weight excluding hydrogens is 741 g/mol. The van der Waals surface area contributed by atoms with Crippen LogP contribution in [0.15, 0.2) is 72.9 Å². The average Bonchev–Trinajstić information content (AvgIpc) is 4.00. The highest BCUT2D eigenvalue weighted by Crippen LogP contribution is 2.30. The Morgan fingerprint density at radius 3 is 1.62 bits per heavy atom. The number of allylic oxidation sites excluding steroid dienone is 3. The number of hydrogen-bond donors (Lipinski definition) is 3. The minimum atomic E-state index is 0.734. The van der Waals surface area contributed by atoms with Gasteiger partial charge in [-0.3, -0.25) is 10.1 Å². The van der Waals surface area contributed by atoms with Gasteiger partial charge in [0.2, 0.25) is 0 Å². The first kappa shape index (κ1) is 49.2. The number of aryl methyl sites for hydroxylation is 12. The van der Waals surface area contributed by atoms with Gasteiger partial charge in [0.25, 0.3) is 0 Å². The lowest BCUT2D eigenvalue weighted by Gasteiger charge is -1.95. The maximum atomic E-state index is 4.97. The van der Waals surface area contributed by atoms with Crippen molar-refractivity contribution in [3.8, 4) is 0 Å². The van der Waals surface area contributed by atoms with E-state index in [-0.39, 0.29) is 0 Å². The first-order valence-corrected chi connectivity index (χ1v) is 20.2. The summed E-state index contributed by atoms with van der Waals surface area (Å²) in [6.07, 6.45) is 13.7. The van der Waals surface area contributed by atoms with Crippen molar-refractivity contribution in [3.63, 3.8) is 0 Å². The minimum absolute atomic E-state index is 0.734. The molecule has 0 saturated heterocycles. The van der Waals surface area contributed by atoms with Gasteiger partial charge in [0, 0.05) is 72.3 Å². The van der Waals surface area contributed by atoms with E-state index in [1.54, 1.807) is 23.8 Å². The van der Waals surface area contributed by atoms with E-state index in [9.17, 15) is 0 Å². The Kier molecular flexibility index (Phi) is 23.6. The number of aromatic nitrogens is 9. The van der Waals surface area contributed by atoms with Gasteiger partial charge in [-0.2, -0.15) is 5.10 Å². The minimum Gasteiger partial charge on any atom is -0.449 e. The molecule has 0 radical (unpaired) electrons. The second-order valence-corrected chi connectivity index (χ2v) is 16.2. The molecule has 0 amide bonds. The van der Waals surface area contributed by atoms with Crippen LogP contribution in [0.4, 0.5) is 0 Å². The predicted octanol–water partition coefficient (Wildman–Crippen LogP) is 11.6. The van der Waals surface area contributed by atoms with Crippen LogP contribution in [0, 0.1) is 83.1 Å². The predicted molar refractivity (Wildman–Crippen MR) is 235 cm³/mol. The molecule has 1 unspecified atom stereocenters. The maximum Gasteiger partial charge on any atom is 0.191 e. The number of hydrogen-bond acceptors (Lipinski definition) is 11. The number of imidazole rings is 1. The van der Waals surface area contributed by atoms with Crippen LogP contribution in [-0.4, -0.2) is 56.0 Å². The van der Waals surface area contributed by atoms with E-state index >= 15 is 0 Å². The molecule has 6 aromatic heterocycles. The van der Waals surface area contributed by atoms with Crippen LogP contribution in [0.3, 0.4) is 0 Å². The fourth-order valence-corrected chi connectivity index (χ4v) is 6.13. The van der Waals surface area contributed by atoms with Crippen molar-refractivity contribution in [1.82, 2.24) is 45.1 Å². The molecule has 12 nitrogen and oxygen atoms in total. The Morgan fingerprint density at radius 2 is 1.48 bits per heavy atom. The molecule has 0 spiro atoms. The normalized spacial score (nSPS) is 13.3. The molecule has 6 aromatic rings. The van der Waals surface area contributed by atoms with E-state index in [0.717, 1.165) is 68.8 Å². The summed E-state index contributed by atoms with van der Waals surface area (Å²) in [6, 6.07) is 2.11. The monoisotopic (exact) mass is 804 g/mol. The van der Waals surface area contributed by atoms with Crippen molar-refractivity contribution in [3.05, 3.63) is 127 Å². The fourth-order valence-electron chi connectivity index (χ4n) is 4.52. The average molecular weight is 805 g/mol. The van der Waals surface area contributed by atoms with Crippen LogP contribution in [0.5, 0.6) is 0 Å². The molecule has 0 aromatic carbocycles. The number of nitrogens with zero attached hydrogens (tertiary/aromatic N) is 7. The second kappa shape index (κ2) is 26.9. The summed E-state index contributed by atoms with van der Waals surface area (Å²) >= 11 is 3.67. The van der Waals surface area contributed by atoms with Gasteiger partial charge < -0.3 is 18.8 Å². The molecule has 1 atom stereocenters. The van der Waals surface area contributed by atoms with Crippen LogP contribution in [0.1, 0.15) is 109 Å². The third-order valence-corrected chi connectivity index (χ3v) is 8.90. The summed E-state index contributed by atoms with van der Waals surface area (Å²) in [5, 5.41) is 10.5. The van der Waals surface area contributed by atoms with Crippen LogP contribution >= 0.6 is 23.1 Å². The molecule has 3 N–H and O–H groups in total. The highest BCUT2D eigenvalue weighted by atomic mass is 32.2. The summed E-state index contributed by atoms with van der Waals surface area (Å²) in [6.45, 7) is 31.8. The second-order valence-electron chi connectivity index (χ2n) is 13.5. The van der Waals surface area contributed by atoms with E-state index in [1.165, 1.54) is 33.9 Å². The molecule has 56 heavy (non-hydrogen) atoms. The van der Waals surface area contributed by atoms with E-state index in [0.29, 0.717) is 0 Å². The molecule has 8 heterocycles. The molecule has 0 saturated carbocycles. The van der Waals surface area contributed by atoms with Crippen molar-refractivity contribution in [2.24, 2.45) is 4.99 Å². The number of H-pyrrole nitrogens is 3. The van der Waals surface area contributed by atoms with Gasteiger partial charge in [0.15, 0.2) is 11.8 Å². The zero-order valence-corrected chi connectivity index (χ0v) is 38.0. The van der Waals surface area contributed by atoms with Gasteiger partial charge >= 0.3 is 0 Å². The molecule has 2 aliphatic rings. The number of thioether (sulfide) groups is 1. The molecule has 2 aliphatic heterocycles. The third-order valence-electron chi connectivity index (χ3n) is 6.88. The standard InChI is InChI=1S/2C6H9N.C6H10S.C5H8N2.2C5H7NO.C5H7NS.C4H7N3/c2*1-5-3-6(2)7-4-5;1-5-3-4-6(2)7-5;1-4-3-6-5(2)7-4;1-4-3-7-5(2)6-4;1-4-3-6-5(2)7-4;1-4-3-7-5(2)6-4;1-3-5-4(2)7-6-3/h4H,3H2,1-2H3;3-4,7H,1-2H3;3,6H,4H2,1-2H3;3H,1-2H3,(H,6,7);3*3H,1-2H3;1-2H3,(H,5,6,7). The summed E-state index contributed by atoms with van der Waals surface area (Å²) < 4.78 is 9.83. The van der Waals surface area contributed by atoms with E-state index in [4.69, 9.17) is 8.83 Å². The van der Waals surface area contributed by atoms with Crippen LogP contribution in [0.25, 0.3) is 0 Å². The Balaban J connectivity index is 0.000000320. The van der Waals surface area contributed by atoms with Crippen LogP contribution in [-0.2, 0) is 0 Å². The molecular formula is C42H64N10O2S2. The Bertz CT molecular complexity index is 1630. The van der Waals surface area contributed by atoms with E-state index in [1.807, 2.05) is 113 Å². The molecule has 0 fully saturated rings. The first-order valence-electron chi connectivity index (χ1n) is 18.4. The zero-order chi connectivity index (χ0) is 42.2. The Hall–Kier alpha value is -4.82. The third kappa shape index (κ3) is 25.3. The van der Waals surface area contributed by atoms with E-state index < -0.39 is 0 Å². The van der Waals surface area contributed by atoms with Crippen molar-refractivity contribution in [2.75, 3.05) is 0 Å². The topological polar surface area (TPSA) is 163 Å². The number of thiazole rings is 1. The highest BCUT2D eigenvalue weighted by molar-refractivity contribution is 8.03. The molecule has 0 bridgehead atoms. The first-order chi connectivity index (χ1) is 26.3. The van der Waals surface area contributed by atoms with Crippen molar-refractivity contribution in [2.45, 2.75) is 129 Å². The summed E-state index contributed by atoms with van der Waals surface area (Å²) in [7, 11) is 0. The van der Waals surface area contributed by atoms with Gasteiger partial charge in [0.05, 0.1) is 16.9 Å². The van der Waals surface area contributed by atoms with Gasteiger partial charge in [-0.25, -0.2) is 24.9 Å². The van der Waals surface area contributed by atoms with Crippen molar-refractivity contribution in [1.29, 1.82) is 0 Å². The molecule has 14 heteroatoms. The number of oxazole rings is 2. The summed E-state index contributed by atoms with van der Waals surface area (Å²) in [5.41, 5.74) is 8.34. The van der Waals surface area contributed by atoms with Gasteiger partial charge in [0.1, 0.15) is 29.5 Å². The van der Waals surface area contributed by atoms with Crippen LogP contribution < -0.4 is 0 Å². The lowest BCUT2D eigenvalue weighted by Crippen LogP contribution is -1.83. The maximum absolute atomic E-state index is 4.97. The zero-order valence-electron chi connectivity index (χ0n) is 36.4. The van der Waals surface area contributed by atoms with Crippen LogP contribution in [0.2, 0.25) is 0 Å². The molecule has 306 valence electrons. The van der Waals surface area contributed by atoms with Crippen molar-refractivity contribution < 1.29 is 8.83 Å². The lowest BCUT2D eigenvalue weighted by atomic mass is 10.2. The Morgan fingerprint density at radius 1 is 0.768 bits per heavy atom. The SMILES string of the molecule is CC1=CCC(C)S1.CC1=CN=C(C)C1.Cc1c[nH]c(C)c1.Cc1cnc(C)[nH]1.Cc1cnc(C)o1.Cc1coc(C)n1.Cc1csc(C)n1.Cc1n[nH]c(C)n1. The number of aliphatic imine (C=N–C) groups is 1. The quantitative estimate of drug-likeness (QED) is 0.136. The smallest absolute Gasteiger partial charge is 0.191 e. The van der Waals surface area contributed by atoms with Gasteiger partial charge in [-0.15, -0.1) is 23.1 Å². The number of rotatable bonds is 0. The highest BCUT2D eigenvalue weighted by Gasteiger charge is 2.07. The largest absolute Gasteiger partial charge is 0.449 e. The number of aromatic amines is 3. The number of nitrogens with one attached hydrogen (secondary N) is 3. The van der Waals surface area contributed by atoms with E-state index in [2.05, 4.69) is 95.3 Å². The van der Waals surface area contributed by atoms with Gasteiger partial charge in [-0.1, -0.05) is 13.0 Å². The molecule has 0 aliphatic carbocycles. The van der Waals surface area contributed by atoms with Gasteiger partial charge in [-0.05, 0) is 119 Å². The fraction of sp³-hybridized carbons (Fsp3) is 0.452.